The lowest BCUT2D eigenvalue weighted by Crippen LogP contribution is -2.30. The normalized spacial score (nSPS) is 17.8. The molecule has 0 aromatic heterocycles. The number of hydrogen-bond donors (Lipinski definition) is 0. The number of allylic oxidation sites excluding steroid dienone is 2. The Bertz CT molecular complexity index is 646. The molecule has 0 spiro atoms. The van der Waals surface area contributed by atoms with Gasteiger partial charge in [0.25, 0.3) is 0 Å². The van der Waals surface area contributed by atoms with Gasteiger partial charge < -0.3 is 0 Å². The molecule has 3 rings (SSSR count). The zero-order chi connectivity index (χ0) is 16.0. The average Bonchev–Trinajstić information content (AvgIpc) is 2.62. The van der Waals surface area contributed by atoms with E-state index in [0.29, 0.717) is 12.2 Å². The Morgan fingerprint density at radius 3 is 1.74 bits per heavy atom. The molecule has 0 amide bonds. The van der Waals surface area contributed by atoms with Crippen molar-refractivity contribution in [2.24, 2.45) is 5.41 Å². The molecular weight excluding hydrogens is 280 g/mol. The van der Waals surface area contributed by atoms with Crippen molar-refractivity contribution in [3.8, 4) is 0 Å². The van der Waals surface area contributed by atoms with Gasteiger partial charge in [-0.3, -0.25) is 4.79 Å². The van der Waals surface area contributed by atoms with Crippen molar-refractivity contribution < 1.29 is 4.79 Å². The van der Waals surface area contributed by atoms with Crippen molar-refractivity contribution in [2.75, 3.05) is 0 Å². The maximum Gasteiger partial charge on any atom is 0.146 e. The molecule has 2 aromatic carbocycles. The van der Waals surface area contributed by atoms with Crippen molar-refractivity contribution in [1.29, 1.82) is 0 Å². The van der Waals surface area contributed by atoms with Gasteiger partial charge in [-0.1, -0.05) is 91.4 Å². The van der Waals surface area contributed by atoms with Crippen LogP contribution in [0.2, 0.25) is 0 Å². The predicted molar refractivity (Wildman–Crippen MR) is 96.9 cm³/mol. The highest BCUT2D eigenvalue weighted by Gasteiger charge is 2.34. The first-order chi connectivity index (χ1) is 11.3. The molecule has 1 heteroatoms. The third-order valence-corrected chi connectivity index (χ3v) is 4.51. The van der Waals surface area contributed by atoms with Crippen LogP contribution >= 0.6 is 0 Å². The number of ketones is 1. The molecule has 1 aliphatic rings. The van der Waals surface area contributed by atoms with E-state index in [9.17, 15) is 4.79 Å². The number of Topliss-reactive ketones (excluding diaryl/α,β-unsaturated/α-hetero) is 1. The first-order valence-corrected chi connectivity index (χ1v) is 8.30. The Hall–Kier alpha value is -2.41. The third kappa shape index (κ3) is 3.87. The second kappa shape index (κ2) is 7.23. The van der Waals surface area contributed by atoms with E-state index in [1.54, 1.807) is 0 Å². The first-order valence-electron chi connectivity index (χ1n) is 8.30. The summed E-state index contributed by atoms with van der Waals surface area (Å²) in [5.74, 6) is 0.336. The van der Waals surface area contributed by atoms with Crippen LogP contribution in [0.25, 0.3) is 12.2 Å². The first kappa shape index (κ1) is 15.5. The van der Waals surface area contributed by atoms with Gasteiger partial charge in [0.1, 0.15) is 5.78 Å². The van der Waals surface area contributed by atoms with Crippen LogP contribution in [0.1, 0.15) is 36.8 Å². The molecule has 1 nitrogen and oxygen atoms in total. The van der Waals surface area contributed by atoms with Gasteiger partial charge in [0.15, 0.2) is 0 Å². The summed E-state index contributed by atoms with van der Waals surface area (Å²) in [6.07, 6.45) is 12.1. The molecule has 0 aliphatic heterocycles. The summed E-state index contributed by atoms with van der Waals surface area (Å²) in [4.78, 5) is 12.7. The Balaban J connectivity index is 1.90. The van der Waals surface area contributed by atoms with E-state index in [-0.39, 0.29) is 0 Å². The number of hydrogen-bond acceptors (Lipinski definition) is 1. The topological polar surface area (TPSA) is 17.1 Å². The molecule has 1 aliphatic carbocycles. The fraction of sp³-hybridized carbons (Fsp3) is 0.227. The molecule has 0 heterocycles. The second-order valence-electron chi connectivity index (χ2n) is 6.16. The monoisotopic (exact) mass is 302 g/mol. The highest BCUT2D eigenvalue weighted by Crippen LogP contribution is 2.37. The molecule has 1 fully saturated rings. The maximum absolute atomic E-state index is 12.7. The fourth-order valence-electron chi connectivity index (χ4n) is 3.10. The van der Waals surface area contributed by atoms with E-state index >= 15 is 0 Å². The fourth-order valence-corrected chi connectivity index (χ4v) is 3.10. The van der Waals surface area contributed by atoms with Crippen molar-refractivity contribution in [2.45, 2.75) is 25.7 Å². The summed E-state index contributed by atoms with van der Waals surface area (Å²) in [5, 5.41) is 0. The Morgan fingerprint density at radius 1 is 0.739 bits per heavy atom. The van der Waals surface area contributed by atoms with Crippen LogP contribution in [0, 0.1) is 5.41 Å². The molecule has 0 saturated heterocycles. The zero-order valence-corrected chi connectivity index (χ0v) is 13.3. The van der Waals surface area contributed by atoms with Gasteiger partial charge in [0.2, 0.25) is 0 Å². The SMILES string of the molecule is O=C1CCCCC1(/C=C/c1ccccc1)/C=C/c1ccccc1. The summed E-state index contributed by atoms with van der Waals surface area (Å²) in [5.41, 5.74) is 1.82. The molecule has 23 heavy (non-hydrogen) atoms. The summed E-state index contributed by atoms with van der Waals surface area (Å²) in [6.45, 7) is 0. The molecular formula is C22H22O. The highest BCUT2D eigenvalue weighted by molar-refractivity contribution is 5.91. The Labute approximate surface area is 138 Å². The lowest BCUT2D eigenvalue weighted by Gasteiger charge is -2.30. The van der Waals surface area contributed by atoms with Crippen molar-refractivity contribution in [3.05, 3.63) is 83.9 Å². The van der Waals surface area contributed by atoms with Crippen molar-refractivity contribution in [3.63, 3.8) is 0 Å². The molecule has 0 bridgehead atoms. The largest absolute Gasteiger partial charge is 0.298 e. The zero-order valence-electron chi connectivity index (χ0n) is 13.3. The lowest BCUT2D eigenvalue weighted by atomic mass is 9.72. The van der Waals surface area contributed by atoms with E-state index < -0.39 is 5.41 Å². The predicted octanol–water partition coefficient (Wildman–Crippen LogP) is 5.54. The number of rotatable bonds is 4. The summed E-state index contributed by atoms with van der Waals surface area (Å²) in [7, 11) is 0. The van der Waals surface area contributed by atoms with Crippen LogP contribution in [0.15, 0.2) is 72.8 Å². The minimum atomic E-state index is -0.454. The van der Waals surface area contributed by atoms with Gasteiger partial charge >= 0.3 is 0 Å². The highest BCUT2D eigenvalue weighted by atomic mass is 16.1. The van der Waals surface area contributed by atoms with Crippen LogP contribution in [-0.4, -0.2) is 5.78 Å². The van der Waals surface area contributed by atoms with Crippen molar-refractivity contribution in [1.82, 2.24) is 0 Å². The van der Waals surface area contributed by atoms with Gasteiger partial charge in [-0.25, -0.2) is 0 Å². The minimum Gasteiger partial charge on any atom is -0.298 e. The molecule has 1 saturated carbocycles. The minimum absolute atomic E-state index is 0.336. The van der Waals surface area contributed by atoms with Gasteiger partial charge in [0.05, 0.1) is 5.41 Å². The summed E-state index contributed by atoms with van der Waals surface area (Å²) >= 11 is 0. The average molecular weight is 302 g/mol. The van der Waals surface area contributed by atoms with E-state index in [1.807, 2.05) is 36.4 Å². The summed E-state index contributed by atoms with van der Waals surface area (Å²) in [6, 6.07) is 20.4. The van der Waals surface area contributed by atoms with Crippen LogP contribution < -0.4 is 0 Å². The number of benzene rings is 2. The Morgan fingerprint density at radius 2 is 1.26 bits per heavy atom. The summed E-state index contributed by atoms with van der Waals surface area (Å²) < 4.78 is 0. The second-order valence-corrected chi connectivity index (χ2v) is 6.16. The van der Waals surface area contributed by atoms with Crippen LogP contribution in [0.4, 0.5) is 0 Å². The van der Waals surface area contributed by atoms with E-state index in [1.165, 1.54) is 0 Å². The van der Waals surface area contributed by atoms with Crippen LogP contribution in [0.5, 0.6) is 0 Å². The molecule has 0 radical (unpaired) electrons. The standard InChI is InChI=1S/C22H22O/c23-21-13-7-8-16-22(21,17-14-19-9-3-1-4-10-19)18-15-20-11-5-2-6-12-20/h1-6,9-12,14-15,17-18H,7-8,13,16H2/b17-14+,18-15+. The molecule has 0 unspecified atom stereocenters. The number of carbonyl (C=O) groups excluding carboxylic acids is 1. The van der Waals surface area contributed by atoms with Crippen LogP contribution in [-0.2, 0) is 4.79 Å². The van der Waals surface area contributed by atoms with E-state index in [4.69, 9.17) is 0 Å². The van der Waals surface area contributed by atoms with Gasteiger partial charge in [-0.05, 0) is 24.0 Å². The van der Waals surface area contributed by atoms with Gasteiger partial charge in [-0.15, -0.1) is 0 Å². The van der Waals surface area contributed by atoms with E-state index in [0.717, 1.165) is 30.4 Å². The van der Waals surface area contributed by atoms with Gasteiger partial charge in [0, 0.05) is 6.42 Å². The molecule has 2 aromatic rings. The smallest absolute Gasteiger partial charge is 0.146 e. The molecule has 0 N–H and O–H groups in total. The molecule has 0 atom stereocenters. The quantitative estimate of drug-likeness (QED) is 0.724. The maximum atomic E-state index is 12.7. The van der Waals surface area contributed by atoms with Crippen molar-refractivity contribution >= 4 is 17.9 Å². The Kier molecular flexibility index (Phi) is 4.87. The van der Waals surface area contributed by atoms with Gasteiger partial charge in [-0.2, -0.15) is 0 Å². The van der Waals surface area contributed by atoms with E-state index in [2.05, 4.69) is 48.6 Å². The molecule has 116 valence electrons. The van der Waals surface area contributed by atoms with Crippen LogP contribution in [0.3, 0.4) is 0 Å². The third-order valence-electron chi connectivity index (χ3n) is 4.51. The number of carbonyl (C=O) groups is 1. The lowest BCUT2D eigenvalue weighted by molar-refractivity contribution is -0.126.